The molecule has 3 aromatic rings. The lowest BCUT2D eigenvalue weighted by atomic mass is 10.1. The molecule has 0 aliphatic rings. The van der Waals surface area contributed by atoms with E-state index in [1.54, 1.807) is 24.5 Å². The molecular weight excluding hydrogens is 359 g/mol. The molecule has 1 amide bonds. The van der Waals surface area contributed by atoms with Gasteiger partial charge in [-0.2, -0.15) is 13.2 Å². The first kappa shape index (κ1) is 18.4. The van der Waals surface area contributed by atoms with Gasteiger partial charge in [-0.25, -0.2) is 9.97 Å². The smallest absolute Gasteiger partial charge is 0.337 e. The Morgan fingerprint density at radius 3 is 2.33 bits per heavy atom. The fourth-order valence-corrected chi connectivity index (χ4v) is 2.43. The zero-order valence-corrected chi connectivity index (χ0v) is 14.1. The summed E-state index contributed by atoms with van der Waals surface area (Å²) in [6.45, 7) is 1.53. The summed E-state index contributed by atoms with van der Waals surface area (Å²) < 4.78 is 40.2. The van der Waals surface area contributed by atoms with Gasteiger partial charge < -0.3 is 5.32 Å². The minimum Gasteiger partial charge on any atom is -0.337 e. The topological polar surface area (TPSA) is 80.7 Å². The van der Waals surface area contributed by atoms with Gasteiger partial charge in [0.15, 0.2) is 11.9 Å². The number of aryl methyl sites for hydroxylation is 1. The average Bonchev–Trinajstić information content (AvgIpc) is 2.66. The number of hydrogen-bond acceptors (Lipinski definition) is 5. The lowest BCUT2D eigenvalue weighted by Gasteiger charge is -2.22. The Hall–Kier alpha value is -3.36. The van der Waals surface area contributed by atoms with Gasteiger partial charge in [-0.1, -0.05) is 6.07 Å². The molecule has 3 aromatic heterocycles. The third kappa shape index (κ3) is 4.25. The largest absolute Gasteiger partial charge is 0.412 e. The van der Waals surface area contributed by atoms with Crippen LogP contribution >= 0.6 is 0 Å². The third-order valence-corrected chi connectivity index (χ3v) is 3.76. The van der Waals surface area contributed by atoms with Gasteiger partial charge in [0.25, 0.3) is 5.91 Å². The van der Waals surface area contributed by atoms with Crippen LogP contribution in [-0.4, -0.2) is 32.0 Å². The number of nitrogens with one attached hydrogen (secondary N) is 1. The van der Waals surface area contributed by atoms with Crippen molar-refractivity contribution in [3.63, 3.8) is 0 Å². The van der Waals surface area contributed by atoms with E-state index in [1.807, 2.05) is 5.32 Å². The van der Waals surface area contributed by atoms with Gasteiger partial charge >= 0.3 is 6.18 Å². The maximum absolute atomic E-state index is 13.4. The number of rotatable bonds is 4. The van der Waals surface area contributed by atoms with E-state index in [0.29, 0.717) is 11.4 Å². The van der Waals surface area contributed by atoms with Gasteiger partial charge in [0.1, 0.15) is 0 Å². The molecule has 0 aliphatic heterocycles. The van der Waals surface area contributed by atoms with Crippen molar-refractivity contribution in [3.05, 3.63) is 72.1 Å². The molecule has 0 radical (unpaired) electrons. The van der Waals surface area contributed by atoms with E-state index in [0.717, 1.165) is 6.20 Å². The Morgan fingerprint density at radius 1 is 1.07 bits per heavy atom. The summed E-state index contributed by atoms with van der Waals surface area (Å²) in [4.78, 5) is 28.3. The van der Waals surface area contributed by atoms with Crippen LogP contribution in [0.5, 0.6) is 0 Å². The summed E-state index contributed by atoms with van der Waals surface area (Å²) >= 11 is 0. The number of pyridine rings is 2. The average molecular weight is 373 g/mol. The molecule has 3 heterocycles. The second-order valence-electron chi connectivity index (χ2n) is 5.67. The van der Waals surface area contributed by atoms with Gasteiger partial charge in [-0.3, -0.25) is 14.8 Å². The number of hydrogen-bond donors (Lipinski definition) is 1. The summed E-state index contributed by atoms with van der Waals surface area (Å²) in [5.41, 5.74) is 0.689. The van der Waals surface area contributed by atoms with E-state index in [4.69, 9.17) is 0 Å². The van der Waals surface area contributed by atoms with Crippen LogP contribution in [0, 0.1) is 6.92 Å². The second kappa shape index (κ2) is 7.48. The maximum Gasteiger partial charge on any atom is 0.412 e. The molecule has 138 valence electrons. The molecule has 0 aliphatic carbocycles. The van der Waals surface area contributed by atoms with Gasteiger partial charge in [0, 0.05) is 42.1 Å². The highest BCUT2D eigenvalue weighted by atomic mass is 19.4. The van der Waals surface area contributed by atoms with Crippen LogP contribution in [0.15, 0.2) is 55.2 Å². The summed E-state index contributed by atoms with van der Waals surface area (Å²) in [6, 6.07) is 3.88. The van der Waals surface area contributed by atoms with Crippen molar-refractivity contribution in [1.82, 2.24) is 25.3 Å². The minimum absolute atomic E-state index is 0.0409. The van der Waals surface area contributed by atoms with Crippen molar-refractivity contribution in [2.24, 2.45) is 0 Å². The quantitative estimate of drug-likeness (QED) is 0.759. The molecule has 1 N–H and O–H groups in total. The first-order chi connectivity index (χ1) is 12.9. The highest BCUT2D eigenvalue weighted by Gasteiger charge is 2.42. The van der Waals surface area contributed by atoms with Crippen LogP contribution in [0.1, 0.15) is 27.7 Å². The Morgan fingerprint density at radius 2 is 1.78 bits per heavy atom. The van der Waals surface area contributed by atoms with Gasteiger partial charge in [0.2, 0.25) is 0 Å². The normalized spacial score (nSPS) is 12.4. The molecule has 0 spiro atoms. The fraction of sp³-hybridized carbons (Fsp3) is 0.167. The number of amides is 1. The van der Waals surface area contributed by atoms with E-state index in [-0.39, 0.29) is 16.8 Å². The van der Waals surface area contributed by atoms with Gasteiger partial charge in [-0.05, 0) is 25.1 Å². The Kier molecular flexibility index (Phi) is 5.11. The van der Waals surface area contributed by atoms with Crippen LogP contribution in [0.4, 0.5) is 13.2 Å². The predicted octanol–water partition coefficient (Wildman–Crippen LogP) is 3.28. The minimum atomic E-state index is -4.68. The van der Waals surface area contributed by atoms with E-state index in [2.05, 4.69) is 19.9 Å². The monoisotopic (exact) mass is 373 g/mol. The Balaban J connectivity index is 1.87. The molecule has 6 nitrogen and oxygen atoms in total. The second-order valence-corrected chi connectivity index (χ2v) is 5.67. The molecule has 0 aromatic carbocycles. The number of nitrogens with zero attached hydrogens (tertiary/aromatic N) is 4. The molecule has 0 fully saturated rings. The van der Waals surface area contributed by atoms with Crippen molar-refractivity contribution in [2.45, 2.75) is 19.1 Å². The van der Waals surface area contributed by atoms with Crippen molar-refractivity contribution >= 4 is 5.91 Å². The SMILES string of the molecule is Cc1nc(-c2cccnc2)ncc1C(=O)N[C@H](c1cccnc1)C(F)(F)F. The highest BCUT2D eigenvalue weighted by molar-refractivity contribution is 5.95. The number of carbonyl (C=O) groups excluding carboxylic acids is 1. The molecule has 27 heavy (non-hydrogen) atoms. The standard InChI is InChI=1S/C18H14F3N5O/c1-11-14(10-24-16(25-11)13-5-3-7-23-9-13)17(27)26-15(18(19,20)21)12-4-2-6-22-8-12/h2-10,15H,1H3,(H,26,27)/t15-/m1/s1. The van der Waals surface area contributed by atoms with Crippen LogP contribution in [0.3, 0.4) is 0 Å². The Bertz CT molecular complexity index is 933. The summed E-state index contributed by atoms with van der Waals surface area (Å²) in [5.74, 6) is -0.590. The van der Waals surface area contributed by atoms with Gasteiger partial charge in [0.05, 0.1) is 11.3 Å². The molecule has 3 rings (SSSR count). The number of aromatic nitrogens is 4. The molecular formula is C18H14F3N5O. The third-order valence-electron chi connectivity index (χ3n) is 3.76. The van der Waals surface area contributed by atoms with E-state index < -0.39 is 18.1 Å². The van der Waals surface area contributed by atoms with Crippen LogP contribution in [0.2, 0.25) is 0 Å². The summed E-state index contributed by atoms with van der Waals surface area (Å²) in [7, 11) is 0. The number of alkyl halides is 3. The zero-order chi connectivity index (χ0) is 19.4. The van der Waals surface area contributed by atoms with Crippen LogP contribution < -0.4 is 5.32 Å². The summed E-state index contributed by atoms with van der Waals surface area (Å²) in [5, 5.41) is 1.99. The first-order valence-electron chi connectivity index (χ1n) is 7.88. The van der Waals surface area contributed by atoms with Gasteiger partial charge in [-0.15, -0.1) is 0 Å². The number of carbonyl (C=O) groups is 1. The number of halogens is 3. The van der Waals surface area contributed by atoms with Crippen molar-refractivity contribution < 1.29 is 18.0 Å². The molecule has 9 heteroatoms. The zero-order valence-electron chi connectivity index (χ0n) is 14.1. The van der Waals surface area contributed by atoms with Crippen molar-refractivity contribution in [1.29, 1.82) is 0 Å². The molecule has 0 saturated carbocycles. The highest BCUT2D eigenvalue weighted by Crippen LogP contribution is 2.32. The lowest BCUT2D eigenvalue weighted by molar-refractivity contribution is -0.155. The van der Waals surface area contributed by atoms with E-state index in [9.17, 15) is 18.0 Å². The van der Waals surface area contributed by atoms with E-state index >= 15 is 0 Å². The molecule has 0 unspecified atom stereocenters. The van der Waals surface area contributed by atoms with E-state index in [1.165, 1.54) is 31.5 Å². The first-order valence-corrected chi connectivity index (χ1v) is 7.88. The van der Waals surface area contributed by atoms with Crippen molar-refractivity contribution in [2.75, 3.05) is 0 Å². The molecule has 0 bridgehead atoms. The molecule has 0 saturated heterocycles. The Labute approximate surface area is 152 Å². The summed E-state index contributed by atoms with van der Waals surface area (Å²) in [6.07, 6.45) is 2.09. The predicted molar refractivity (Wildman–Crippen MR) is 90.5 cm³/mol. The lowest BCUT2D eigenvalue weighted by Crippen LogP contribution is -2.38. The van der Waals surface area contributed by atoms with Crippen molar-refractivity contribution in [3.8, 4) is 11.4 Å². The maximum atomic E-state index is 13.4. The fourth-order valence-electron chi connectivity index (χ4n) is 2.43. The van der Waals surface area contributed by atoms with Crippen LogP contribution in [-0.2, 0) is 0 Å². The molecule has 1 atom stereocenters. The van der Waals surface area contributed by atoms with Crippen LogP contribution in [0.25, 0.3) is 11.4 Å².